The zero-order valence-electron chi connectivity index (χ0n) is 28.4. The van der Waals surface area contributed by atoms with Crippen molar-refractivity contribution >= 4 is 22.7 Å². The quantitative estimate of drug-likeness (QED) is 0.378. The van der Waals surface area contributed by atoms with Crippen LogP contribution in [0.1, 0.15) is 129 Å². The Hall–Kier alpha value is -2.74. The first-order chi connectivity index (χ1) is 18.8. The molecule has 2 aromatic rings. The maximum Gasteiger partial charge on any atom is 0.163 e. The fraction of sp³-hybridized carbons (Fsp3) is 0.538. The van der Waals surface area contributed by atoms with E-state index in [9.17, 15) is 9.59 Å². The van der Waals surface area contributed by atoms with Crippen molar-refractivity contribution in [1.29, 1.82) is 0 Å². The highest BCUT2D eigenvalue weighted by Gasteiger charge is 2.35. The van der Waals surface area contributed by atoms with Crippen molar-refractivity contribution in [2.75, 3.05) is 0 Å². The van der Waals surface area contributed by atoms with Crippen LogP contribution < -0.4 is 0 Å². The van der Waals surface area contributed by atoms with E-state index in [1.165, 1.54) is 77.9 Å². The molecule has 2 aromatic carbocycles. The zero-order valence-corrected chi connectivity index (χ0v) is 28.4. The summed E-state index contributed by atoms with van der Waals surface area (Å²) >= 11 is 0. The van der Waals surface area contributed by atoms with E-state index in [1.54, 1.807) is 0 Å². The average Bonchev–Trinajstić information content (AvgIpc) is 2.85. The SMILES string of the molecule is CC1=C(C(C)(C)C)c2c(C)c(C)c(CCCc3c(C)c(C)c4c(c3C)CC(=O)C(C)=C4C(C)(C)C)c(C)c2CC1=O. The second-order valence-corrected chi connectivity index (χ2v) is 15.0. The molecule has 0 unspecified atom stereocenters. The Morgan fingerprint density at radius 2 is 0.805 bits per heavy atom. The molecule has 0 fully saturated rings. The predicted molar refractivity (Wildman–Crippen MR) is 175 cm³/mol. The van der Waals surface area contributed by atoms with Gasteiger partial charge in [0, 0.05) is 12.8 Å². The van der Waals surface area contributed by atoms with Gasteiger partial charge >= 0.3 is 0 Å². The molecule has 0 atom stereocenters. The van der Waals surface area contributed by atoms with E-state index >= 15 is 0 Å². The van der Waals surface area contributed by atoms with Crippen LogP contribution in [0.5, 0.6) is 0 Å². The Morgan fingerprint density at radius 1 is 0.488 bits per heavy atom. The number of hydrogen-bond acceptors (Lipinski definition) is 2. The van der Waals surface area contributed by atoms with Gasteiger partial charge in [-0.3, -0.25) is 9.59 Å². The van der Waals surface area contributed by atoms with E-state index in [1.807, 2.05) is 13.8 Å². The molecule has 0 bridgehead atoms. The van der Waals surface area contributed by atoms with Gasteiger partial charge in [0.2, 0.25) is 0 Å². The summed E-state index contributed by atoms with van der Waals surface area (Å²) in [5.41, 5.74) is 20.2. The number of hydrogen-bond donors (Lipinski definition) is 0. The minimum Gasteiger partial charge on any atom is -0.294 e. The Bertz CT molecular complexity index is 1440. The number of carbonyl (C=O) groups is 2. The number of fused-ring (bicyclic) bond motifs is 2. The smallest absolute Gasteiger partial charge is 0.163 e. The van der Waals surface area contributed by atoms with Gasteiger partial charge < -0.3 is 0 Å². The molecule has 0 aromatic heterocycles. The lowest BCUT2D eigenvalue weighted by Crippen LogP contribution is -2.24. The summed E-state index contributed by atoms with van der Waals surface area (Å²) in [6.07, 6.45) is 4.06. The molecule has 2 aliphatic rings. The zero-order chi connectivity index (χ0) is 30.9. The molecule has 0 N–H and O–H groups in total. The first-order valence-corrected chi connectivity index (χ1v) is 15.5. The molecule has 2 heteroatoms. The summed E-state index contributed by atoms with van der Waals surface area (Å²) in [7, 11) is 0. The average molecular weight is 553 g/mol. The molecule has 0 saturated heterocycles. The number of carbonyl (C=O) groups excluding carboxylic acids is 2. The van der Waals surface area contributed by atoms with E-state index < -0.39 is 0 Å². The molecule has 41 heavy (non-hydrogen) atoms. The number of rotatable bonds is 4. The van der Waals surface area contributed by atoms with Crippen molar-refractivity contribution in [2.24, 2.45) is 10.8 Å². The van der Waals surface area contributed by atoms with Gasteiger partial charge in [0.15, 0.2) is 11.6 Å². The monoisotopic (exact) mass is 552 g/mol. The second-order valence-electron chi connectivity index (χ2n) is 15.0. The van der Waals surface area contributed by atoms with Crippen molar-refractivity contribution in [3.63, 3.8) is 0 Å². The summed E-state index contributed by atoms with van der Waals surface area (Å²) < 4.78 is 0. The summed E-state index contributed by atoms with van der Waals surface area (Å²) in [6.45, 7) is 31.0. The largest absolute Gasteiger partial charge is 0.294 e. The summed E-state index contributed by atoms with van der Waals surface area (Å²) in [5, 5.41) is 0. The third-order valence-electron chi connectivity index (χ3n) is 10.3. The molecule has 0 aliphatic heterocycles. The molecular formula is C39H52O2. The molecule has 0 saturated carbocycles. The van der Waals surface area contributed by atoms with E-state index in [2.05, 4.69) is 83.1 Å². The van der Waals surface area contributed by atoms with Gasteiger partial charge in [-0.15, -0.1) is 0 Å². The van der Waals surface area contributed by atoms with Crippen LogP contribution in [0.2, 0.25) is 0 Å². The molecule has 0 amide bonds. The van der Waals surface area contributed by atoms with Crippen molar-refractivity contribution in [3.8, 4) is 0 Å². The van der Waals surface area contributed by atoms with Crippen LogP contribution in [0.4, 0.5) is 0 Å². The van der Waals surface area contributed by atoms with Gasteiger partial charge in [-0.25, -0.2) is 0 Å². The van der Waals surface area contributed by atoms with E-state index in [4.69, 9.17) is 0 Å². The van der Waals surface area contributed by atoms with Crippen LogP contribution in [0.25, 0.3) is 11.1 Å². The van der Waals surface area contributed by atoms with Crippen molar-refractivity contribution in [1.82, 2.24) is 0 Å². The van der Waals surface area contributed by atoms with Crippen LogP contribution in [0.15, 0.2) is 11.1 Å². The first kappa shape index (κ1) is 31.2. The molecule has 0 spiro atoms. The van der Waals surface area contributed by atoms with Gasteiger partial charge in [0.1, 0.15) is 0 Å². The van der Waals surface area contributed by atoms with Crippen LogP contribution in [-0.4, -0.2) is 11.6 Å². The first-order valence-electron chi connectivity index (χ1n) is 15.5. The molecule has 2 nitrogen and oxygen atoms in total. The third-order valence-corrected chi connectivity index (χ3v) is 10.3. The standard InChI is InChI=1S/C39H52O2/c1-20-22(3)34-30(18-32(40)26(7)36(34)38(9,10)11)24(5)28(20)16-15-17-29-21(2)23(4)35-31(25(29)6)19-33(41)27(8)37(35)39(12,13)14/h15-19H2,1-14H3. The maximum absolute atomic E-state index is 13.1. The van der Waals surface area contributed by atoms with Crippen molar-refractivity contribution in [3.05, 3.63) is 77.9 Å². The van der Waals surface area contributed by atoms with Crippen molar-refractivity contribution < 1.29 is 9.59 Å². The lowest BCUT2D eigenvalue weighted by molar-refractivity contribution is -0.115. The minimum atomic E-state index is -0.0819. The van der Waals surface area contributed by atoms with Gasteiger partial charge in [0.05, 0.1) is 0 Å². The lowest BCUT2D eigenvalue weighted by Gasteiger charge is -2.35. The summed E-state index contributed by atoms with van der Waals surface area (Å²) in [4.78, 5) is 26.3. The number of benzene rings is 2. The highest BCUT2D eigenvalue weighted by Crippen LogP contribution is 2.47. The molecule has 2 aliphatic carbocycles. The lowest BCUT2D eigenvalue weighted by atomic mass is 9.69. The molecular weight excluding hydrogens is 500 g/mol. The maximum atomic E-state index is 13.1. The van der Waals surface area contributed by atoms with Gasteiger partial charge in [0.25, 0.3) is 0 Å². The molecule has 220 valence electrons. The summed E-state index contributed by atoms with van der Waals surface area (Å²) in [5.74, 6) is 0.535. The van der Waals surface area contributed by atoms with Crippen molar-refractivity contribution in [2.45, 2.75) is 129 Å². The Balaban J connectivity index is 1.73. The molecule has 0 radical (unpaired) electrons. The number of allylic oxidation sites excluding steroid dienone is 4. The second kappa shape index (κ2) is 10.5. The van der Waals surface area contributed by atoms with E-state index in [0.717, 1.165) is 30.4 Å². The third kappa shape index (κ3) is 5.10. The molecule has 4 rings (SSSR count). The van der Waals surface area contributed by atoms with E-state index in [-0.39, 0.29) is 22.4 Å². The highest BCUT2D eigenvalue weighted by atomic mass is 16.1. The normalized spacial score (nSPS) is 16.0. The van der Waals surface area contributed by atoms with Crippen LogP contribution in [0.3, 0.4) is 0 Å². The van der Waals surface area contributed by atoms with E-state index in [0.29, 0.717) is 12.8 Å². The Kier molecular flexibility index (Phi) is 8.00. The van der Waals surface area contributed by atoms with Gasteiger partial charge in [-0.05, 0) is 175 Å². The Labute approximate surface area is 249 Å². The van der Waals surface area contributed by atoms with Crippen LogP contribution in [0, 0.1) is 52.4 Å². The minimum absolute atomic E-state index is 0.0819. The topological polar surface area (TPSA) is 34.1 Å². The van der Waals surface area contributed by atoms with Crippen LogP contribution >= 0.6 is 0 Å². The van der Waals surface area contributed by atoms with Crippen LogP contribution in [-0.2, 0) is 35.3 Å². The fourth-order valence-electron chi connectivity index (χ4n) is 8.01. The number of Topliss-reactive ketones (excluding diaryl/α,β-unsaturated/α-hetero) is 2. The fourth-order valence-corrected chi connectivity index (χ4v) is 8.01. The molecule has 0 heterocycles. The Morgan fingerprint density at radius 3 is 1.10 bits per heavy atom. The van der Waals surface area contributed by atoms with Gasteiger partial charge in [-0.2, -0.15) is 0 Å². The number of ketones is 2. The summed E-state index contributed by atoms with van der Waals surface area (Å²) in [6, 6.07) is 0. The predicted octanol–water partition coefficient (Wildman–Crippen LogP) is 9.60. The van der Waals surface area contributed by atoms with Gasteiger partial charge in [-0.1, -0.05) is 41.5 Å². The highest BCUT2D eigenvalue weighted by molar-refractivity contribution is 6.09.